The number of benzene rings is 1. The predicted molar refractivity (Wildman–Crippen MR) is 62.0 cm³/mol. The zero-order valence-electron chi connectivity index (χ0n) is 9.31. The Hall–Kier alpha value is -1.55. The number of nitrogens with two attached hydrogens (primary N) is 1. The molecule has 1 amide bonds. The molecule has 1 aromatic rings. The maximum absolute atomic E-state index is 12.1. The predicted octanol–water partition coefficient (Wildman–Crippen LogP) is 0.866. The Labute approximate surface area is 94.7 Å². The van der Waals surface area contributed by atoms with Crippen LogP contribution in [0.3, 0.4) is 0 Å². The summed E-state index contributed by atoms with van der Waals surface area (Å²) in [5.41, 5.74) is 5.98. The second-order valence-electron chi connectivity index (χ2n) is 4.56. The van der Waals surface area contributed by atoms with Crippen molar-refractivity contribution in [3.05, 3.63) is 29.8 Å². The van der Waals surface area contributed by atoms with Gasteiger partial charge in [0.15, 0.2) is 0 Å². The number of amides is 1. The van der Waals surface area contributed by atoms with E-state index in [0.29, 0.717) is 30.8 Å². The topological polar surface area (TPSA) is 66.6 Å². The van der Waals surface area contributed by atoms with Crippen LogP contribution in [0.1, 0.15) is 23.7 Å². The molecule has 1 aliphatic rings. The second kappa shape index (κ2) is 3.79. The minimum atomic E-state index is -0.765. The summed E-state index contributed by atoms with van der Waals surface area (Å²) in [7, 11) is 0. The van der Waals surface area contributed by atoms with Crippen LogP contribution in [-0.2, 0) is 0 Å². The molecule has 2 rings (SSSR count). The molecule has 0 aliphatic carbocycles. The van der Waals surface area contributed by atoms with Crippen LogP contribution in [0, 0.1) is 0 Å². The SMILES string of the molecule is CC1(O)CCN(C(=O)c2ccccc2N)C1. The summed E-state index contributed by atoms with van der Waals surface area (Å²) in [5, 5.41) is 9.80. The zero-order chi connectivity index (χ0) is 11.8. The number of hydrogen-bond acceptors (Lipinski definition) is 3. The summed E-state index contributed by atoms with van der Waals surface area (Å²) in [5.74, 6) is -0.101. The van der Waals surface area contributed by atoms with Gasteiger partial charge in [0, 0.05) is 18.8 Å². The number of β-amino-alcohol motifs (C(OH)–C–C–N with tert-alkyl or cyclic N) is 1. The number of aliphatic hydroxyl groups is 1. The molecule has 3 N–H and O–H groups in total. The van der Waals surface area contributed by atoms with Crippen LogP contribution < -0.4 is 5.73 Å². The first-order valence-electron chi connectivity index (χ1n) is 5.36. The molecule has 4 nitrogen and oxygen atoms in total. The fourth-order valence-electron chi connectivity index (χ4n) is 1.98. The number of carbonyl (C=O) groups excluding carboxylic acids is 1. The van der Waals surface area contributed by atoms with Gasteiger partial charge in [0.2, 0.25) is 0 Å². The van der Waals surface area contributed by atoms with Crippen molar-refractivity contribution in [3.63, 3.8) is 0 Å². The monoisotopic (exact) mass is 220 g/mol. The number of likely N-dealkylation sites (tertiary alicyclic amines) is 1. The molecule has 1 fully saturated rings. The lowest BCUT2D eigenvalue weighted by molar-refractivity contribution is 0.0572. The van der Waals surface area contributed by atoms with E-state index in [1.165, 1.54) is 0 Å². The highest BCUT2D eigenvalue weighted by Crippen LogP contribution is 2.23. The highest BCUT2D eigenvalue weighted by atomic mass is 16.3. The molecule has 1 aliphatic heterocycles. The van der Waals surface area contributed by atoms with Crippen molar-refractivity contribution in [2.45, 2.75) is 18.9 Å². The van der Waals surface area contributed by atoms with Crippen molar-refractivity contribution in [3.8, 4) is 0 Å². The lowest BCUT2D eigenvalue weighted by atomic mass is 10.1. The van der Waals surface area contributed by atoms with Crippen LogP contribution in [0.25, 0.3) is 0 Å². The van der Waals surface area contributed by atoms with Crippen LogP contribution in [0.5, 0.6) is 0 Å². The lowest BCUT2D eigenvalue weighted by Gasteiger charge is -2.19. The van der Waals surface area contributed by atoms with Crippen molar-refractivity contribution in [1.82, 2.24) is 4.90 Å². The smallest absolute Gasteiger partial charge is 0.256 e. The normalized spacial score (nSPS) is 24.8. The molecule has 1 aromatic carbocycles. The third kappa shape index (κ3) is 2.02. The molecule has 0 radical (unpaired) electrons. The fourth-order valence-corrected chi connectivity index (χ4v) is 1.98. The van der Waals surface area contributed by atoms with Gasteiger partial charge in [0.05, 0.1) is 11.2 Å². The van der Waals surface area contributed by atoms with Crippen molar-refractivity contribution < 1.29 is 9.90 Å². The molecule has 0 spiro atoms. The van der Waals surface area contributed by atoms with Crippen LogP contribution in [0.2, 0.25) is 0 Å². The summed E-state index contributed by atoms with van der Waals surface area (Å²) in [6.45, 7) is 2.70. The van der Waals surface area contributed by atoms with Gasteiger partial charge in [-0.2, -0.15) is 0 Å². The van der Waals surface area contributed by atoms with Crippen molar-refractivity contribution in [2.75, 3.05) is 18.8 Å². The van der Waals surface area contributed by atoms with E-state index in [4.69, 9.17) is 5.73 Å². The van der Waals surface area contributed by atoms with Gasteiger partial charge in [-0.15, -0.1) is 0 Å². The van der Waals surface area contributed by atoms with Crippen LogP contribution in [0.15, 0.2) is 24.3 Å². The molecule has 86 valence electrons. The Morgan fingerprint density at radius 1 is 1.50 bits per heavy atom. The van der Waals surface area contributed by atoms with Crippen LogP contribution in [-0.4, -0.2) is 34.6 Å². The first-order valence-corrected chi connectivity index (χ1v) is 5.36. The quantitative estimate of drug-likeness (QED) is 0.690. The molecule has 16 heavy (non-hydrogen) atoms. The highest BCUT2D eigenvalue weighted by Gasteiger charge is 2.34. The maximum atomic E-state index is 12.1. The van der Waals surface area contributed by atoms with Crippen LogP contribution >= 0.6 is 0 Å². The van der Waals surface area contributed by atoms with Gasteiger partial charge in [-0.1, -0.05) is 12.1 Å². The number of nitrogens with zero attached hydrogens (tertiary/aromatic N) is 1. The minimum absolute atomic E-state index is 0.101. The van der Waals surface area contributed by atoms with E-state index in [1.54, 1.807) is 36.1 Å². The van der Waals surface area contributed by atoms with Crippen molar-refractivity contribution in [1.29, 1.82) is 0 Å². The average Bonchev–Trinajstić information content (AvgIpc) is 2.59. The molecule has 1 atom stereocenters. The largest absolute Gasteiger partial charge is 0.398 e. The molecular weight excluding hydrogens is 204 g/mol. The summed E-state index contributed by atoms with van der Waals surface area (Å²) in [4.78, 5) is 13.7. The van der Waals surface area contributed by atoms with Gasteiger partial charge < -0.3 is 15.7 Å². The molecule has 1 saturated heterocycles. The second-order valence-corrected chi connectivity index (χ2v) is 4.56. The van der Waals surface area contributed by atoms with E-state index in [9.17, 15) is 9.90 Å². The average molecular weight is 220 g/mol. The molecule has 4 heteroatoms. The molecule has 1 heterocycles. The van der Waals surface area contributed by atoms with Crippen molar-refractivity contribution in [2.24, 2.45) is 0 Å². The number of rotatable bonds is 1. The Kier molecular flexibility index (Phi) is 2.59. The Balaban J connectivity index is 2.18. The lowest BCUT2D eigenvalue weighted by Crippen LogP contribution is -2.34. The molecule has 0 aromatic heterocycles. The van der Waals surface area contributed by atoms with Gasteiger partial charge in [0.1, 0.15) is 0 Å². The van der Waals surface area contributed by atoms with Gasteiger partial charge in [0.25, 0.3) is 5.91 Å². The van der Waals surface area contributed by atoms with Gasteiger partial charge in [-0.25, -0.2) is 0 Å². The summed E-state index contributed by atoms with van der Waals surface area (Å²) in [6.07, 6.45) is 0.617. The standard InChI is InChI=1S/C12H16N2O2/c1-12(16)6-7-14(8-12)11(15)9-4-2-3-5-10(9)13/h2-5,16H,6-8,13H2,1H3. The van der Waals surface area contributed by atoms with Crippen molar-refractivity contribution >= 4 is 11.6 Å². The van der Waals surface area contributed by atoms with E-state index in [-0.39, 0.29) is 5.91 Å². The van der Waals surface area contributed by atoms with Gasteiger partial charge in [-0.3, -0.25) is 4.79 Å². The Morgan fingerprint density at radius 3 is 2.75 bits per heavy atom. The van der Waals surface area contributed by atoms with E-state index in [2.05, 4.69) is 0 Å². The number of para-hydroxylation sites is 1. The summed E-state index contributed by atoms with van der Waals surface area (Å²) in [6, 6.07) is 7.01. The summed E-state index contributed by atoms with van der Waals surface area (Å²) < 4.78 is 0. The van der Waals surface area contributed by atoms with E-state index in [1.807, 2.05) is 0 Å². The van der Waals surface area contributed by atoms with Gasteiger partial charge in [-0.05, 0) is 25.5 Å². The third-order valence-corrected chi connectivity index (χ3v) is 2.93. The number of anilines is 1. The first kappa shape index (κ1) is 11.0. The summed E-state index contributed by atoms with van der Waals surface area (Å²) >= 11 is 0. The Morgan fingerprint density at radius 2 is 2.19 bits per heavy atom. The first-order chi connectivity index (χ1) is 7.49. The number of hydrogen-bond donors (Lipinski definition) is 2. The maximum Gasteiger partial charge on any atom is 0.256 e. The number of nitrogen functional groups attached to an aromatic ring is 1. The van der Waals surface area contributed by atoms with E-state index in [0.717, 1.165) is 0 Å². The fraction of sp³-hybridized carbons (Fsp3) is 0.417. The minimum Gasteiger partial charge on any atom is -0.398 e. The van der Waals surface area contributed by atoms with Gasteiger partial charge >= 0.3 is 0 Å². The molecular formula is C12H16N2O2. The zero-order valence-corrected chi connectivity index (χ0v) is 9.31. The molecule has 0 bridgehead atoms. The Bertz CT molecular complexity index is 415. The highest BCUT2D eigenvalue weighted by molar-refractivity contribution is 5.99. The van der Waals surface area contributed by atoms with Crippen LogP contribution in [0.4, 0.5) is 5.69 Å². The molecule has 1 unspecified atom stereocenters. The van der Waals surface area contributed by atoms with E-state index >= 15 is 0 Å². The molecule has 0 saturated carbocycles. The third-order valence-electron chi connectivity index (χ3n) is 2.93. The number of carbonyl (C=O) groups is 1. The van der Waals surface area contributed by atoms with E-state index < -0.39 is 5.60 Å².